The van der Waals surface area contributed by atoms with E-state index in [1.807, 2.05) is 16.9 Å². The van der Waals surface area contributed by atoms with E-state index in [-0.39, 0.29) is 0 Å². The van der Waals surface area contributed by atoms with E-state index in [0.717, 1.165) is 5.82 Å². The van der Waals surface area contributed by atoms with E-state index >= 15 is 0 Å². The van der Waals surface area contributed by atoms with Gasteiger partial charge in [0.25, 0.3) is 0 Å². The zero-order chi connectivity index (χ0) is 9.42. The molecule has 13 heavy (non-hydrogen) atoms. The molecule has 1 aliphatic rings. The van der Waals surface area contributed by atoms with E-state index in [2.05, 4.69) is 37.3 Å². The maximum absolute atomic E-state index is 4.22. The van der Waals surface area contributed by atoms with Gasteiger partial charge in [-0.15, -0.1) is 0 Å². The number of allylic oxidation sites excluding steroid dienone is 1. The van der Waals surface area contributed by atoms with Gasteiger partial charge in [-0.2, -0.15) is 5.10 Å². The van der Waals surface area contributed by atoms with E-state index < -0.39 is 0 Å². The minimum Gasteiger partial charge on any atom is -0.363 e. The van der Waals surface area contributed by atoms with Crippen LogP contribution in [0.3, 0.4) is 0 Å². The highest BCUT2D eigenvalue weighted by Crippen LogP contribution is 2.23. The lowest BCUT2D eigenvalue weighted by molar-refractivity contribution is 0.587. The van der Waals surface area contributed by atoms with Gasteiger partial charge in [-0.05, 0) is 18.9 Å². The van der Waals surface area contributed by atoms with Crippen LogP contribution < -0.4 is 5.32 Å². The molecule has 0 aliphatic carbocycles. The third-order valence-electron chi connectivity index (χ3n) is 2.43. The van der Waals surface area contributed by atoms with Crippen molar-refractivity contribution in [2.45, 2.75) is 26.8 Å². The first-order valence-corrected chi connectivity index (χ1v) is 4.68. The molecule has 0 amide bonds. The van der Waals surface area contributed by atoms with Crippen LogP contribution in [0.4, 0.5) is 5.82 Å². The van der Waals surface area contributed by atoms with E-state index in [1.54, 1.807) is 0 Å². The zero-order valence-electron chi connectivity index (χ0n) is 8.28. The number of anilines is 1. The number of hydrogen-bond acceptors (Lipinski definition) is 2. The molecule has 3 nitrogen and oxygen atoms in total. The second-order valence-electron chi connectivity index (χ2n) is 3.85. The third-order valence-corrected chi connectivity index (χ3v) is 2.43. The number of rotatable bonds is 1. The molecule has 1 aliphatic heterocycles. The minimum absolute atomic E-state index is 0.434. The summed E-state index contributed by atoms with van der Waals surface area (Å²) >= 11 is 0. The SMILES string of the molecule is CC1=CC(C(C)C)Nc2ccnn21. The van der Waals surface area contributed by atoms with Crippen molar-refractivity contribution >= 4 is 11.5 Å². The molecular weight excluding hydrogens is 162 g/mol. The maximum atomic E-state index is 4.22. The largest absolute Gasteiger partial charge is 0.363 e. The van der Waals surface area contributed by atoms with Crippen LogP contribution in [0.15, 0.2) is 18.3 Å². The summed E-state index contributed by atoms with van der Waals surface area (Å²) in [6.45, 7) is 6.52. The van der Waals surface area contributed by atoms with Crippen LogP contribution in [0.1, 0.15) is 20.8 Å². The van der Waals surface area contributed by atoms with Gasteiger partial charge in [0.2, 0.25) is 0 Å². The highest BCUT2D eigenvalue weighted by Gasteiger charge is 2.18. The summed E-state index contributed by atoms with van der Waals surface area (Å²) in [6.07, 6.45) is 4.05. The molecule has 0 spiro atoms. The zero-order valence-corrected chi connectivity index (χ0v) is 8.28. The second kappa shape index (κ2) is 2.91. The van der Waals surface area contributed by atoms with Crippen molar-refractivity contribution in [2.75, 3.05) is 5.32 Å². The van der Waals surface area contributed by atoms with Crippen molar-refractivity contribution in [1.29, 1.82) is 0 Å². The normalized spacial score (nSPS) is 20.9. The molecule has 70 valence electrons. The smallest absolute Gasteiger partial charge is 0.129 e. The Kier molecular flexibility index (Phi) is 1.87. The second-order valence-corrected chi connectivity index (χ2v) is 3.85. The first kappa shape index (κ1) is 8.35. The van der Waals surface area contributed by atoms with E-state index in [1.165, 1.54) is 5.70 Å². The molecule has 0 radical (unpaired) electrons. The lowest BCUT2D eigenvalue weighted by atomic mass is 10.0. The number of fused-ring (bicyclic) bond motifs is 1. The predicted molar refractivity (Wildman–Crippen MR) is 54.4 cm³/mol. The number of aromatic nitrogens is 2. The average molecular weight is 177 g/mol. The van der Waals surface area contributed by atoms with Crippen LogP contribution in [0.25, 0.3) is 5.70 Å². The Morgan fingerprint density at radius 1 is 1.54 bits per heavy atom. The number of hydrogen-bond donors (Lipinski definition) is 1. The Labute approximate surface area is 78.4 Å². The van der Waals surface area contributed by atoms with Gasteiger partial charge in [0, 0.05) is 11.8 Å². The maximum Gasteiger partial charge on any atom is 0.129 e. The topological polar surface area (TPSA) is 29.9 Å². The Morgan fingerprint density at radius 3 is 3.00 bits per heavy atom. The molecule has 1 aromatic heterocycles. The summed E-state index contributed by atoms with van der Waals surface area (Å²) in [7, 11) is 0. The first-order valence-electron chi connectivity index (χ1n) is 4.68. The molecule has 0 saturated carbocycles. The molecule has 1 atom stereocenters. The summed E-state index contributed by atoms with van der Waals surface area (Å²) in [5.74, 6) is 1.71. The van der Waals surface area contributed by atoms with Crippen LogP contribution in [0.2, 0.25) is 0 Å². The van der Waals surface area contributed by atoms with Crippen LogP contribution in [-0.4, -0.2) is 15.8 Å². The Hall–Kier alpha value is -1.25. The Bertz CT molecular complexity index is 336. The van der Waals surface area contributed by atoms with Crippen molar-refractivity contribution in [2.24, 2.45) is 5.92 Å². The molecule has 2 heterocycles. The van der Waals surface area contributed by atoms with Gasteiger partial charge in [-0.25, -0.2) is 4.68 Å². The molecule has 1 unspecified atom stereocenters. The molecule has 1 N–H and O–H groups in total. The van der Waals surface area contributed by atoms with Crippen LogP contribution in [0.5, 0.6) is 0 Å². The predicted octanol–water partition coefficient (Wildman–Crippen LogP) is 2.19. The number of nitrogens with one attached hydrogen (secondary N) is 1. The lowest BCUT2D eigenvalue weighted by Crippen LogP contribution is -2.28. The van der Waals surface area contributed by atoms with Crippen LogP contribution in [0, 0.1) is 5.92 Å². The fourth-order valence-corrected chi connectivity index (χ4v) is 1.60. The molecule has 1 aromatic rings. The van der Waals surface area contributed by atoms with Gasteiger partial charge >= 0.3 is 0 Å². The number of nitrogens with zero attached hydrogens (tertiary/aromatic N) is 2. The summed E-state index contributed by atoms with van der Waals surface area (Å²) in [5.41, 5.74) is 1.21. The van der Waals surface area contributed by atoms with Gasteiger partial charge in [-0.3, -0.25) is 0 Å². The minimum atomic E-state index is 0.434. The van der Waals surface area contributed by atoms with Gasteiger partial charge in [0.05, 0.1) is 12.2 Å². The monoisotopic (exact) mass is 177 g/mol. The van der Waals surface area contributed by atoms with Crippen LogP contribution >= 0.6 is 0 Å². The molecule has 0 bridgehead atoms. The van der Waals surface area contributed by atoms with Gasteiger partial charge < -0.3 is 5.32 Å². The summed E-state index contributed by atoms with van der Waals surface area (Å²) in [6, 6.07) is 2.44. The molecular formula is C10H15N3. The van der Waals surface area contributed by atoms with Gasteiger partial charge in [-0.1, -0.05) is 13.8 Å². The van der Waals surface area contributed by atoms with Crippen LogP contribution in [-0.2, 0) is 0 Å². The summed E-state index contributed by atoms with van der Waals surface area (Å²) < 4.78 is 1.93. The van der Waals surface area contributed by atoms with E-state index in [9.17, 15) is 0 Å². The van der Waals surface area contributed by atoms with Crippen molar-refractivity contribution in [3.05, 3.63) is 18.3 Å². The summed E-state index contributed by atoms with van der Waals surface area (Å²) in [4.78, 5) is 0. The fraction of sp³-hybridized carbons (Fsp3) is 0.500. The van der Waals surface area contributed by atoms with Crippen molar-refractivity contribution in [1.82, 2.24) is 9.78 Å². The summed E-state index contributed by atoms with van der Waals surface area (Å²) in [5, 5.41) is 7.65. The van der Waals surface area contributed by atoms with Gasteiger partial charge in [0.15, 0.2) is 0 Å². The average Bonchev–Trinajstić information content (AvgIpc) is 2.51. The molecule has 3 heteroatoms. The molecule has 2 rings (SSSR count). The third kappa shape index (κ3) is 1.34. The van der Waals surface area contributed by atoms with Crippen molar-refractivity contribution in [3.8, 4) is 0 Å². The van der Waals surface area contributed by atoms with Crippen molar-refractivity contribution < 1.29 is 0 Å². The van der Waals surface area contributed by atoms with E-state index in [4.69, 9.17) is 0 Å². The molecule has 0 fully saturated rings. The standard InChI is InChI=1S/C10H15N3/c1-7(2)9-6-8(3)13-10(12-9)4-5-11-13/h4-7,9,12H,1-3H3. The van der Waals surface area contributed by atoms with E-state index in [0.29, 0.717) is 12.0 Å². The highest BCUT2D eigenvalue weighted by atomic mass is 15.3. The Morgan fingerprint density at radius 2 is 2.31 bits per heavy atom. The Balaban J connectivity index is 2.35. The first-order chi connectivity index (χ1) is 6.18. The van der Waals surface area contributed by atoms with Crippen molar-refractivity contribution in [3.63, 3.8) is 0 Å². The fourth-order valence-electron chi connectivity index (χ4n) is 1.60. The highest BCUT2D eigenvalue weighted by molar-refractivity contribution is 5.57. The molecule has 0 aromatic carbocycles. The lowest BCUT2D eigenvalue weighted by Gasteiger charge is -2.26. The molecule has 0 saturated heterocycles. The quantitative estimate of drug-likeness (QED) is 0.712. The van der Waals surface area contributed by atoms with Gasteiger partial charge in [0.1, 0.15) is 5.82 Å².